The van der Waals surface area contributed by atoms with Gasteiger partial charge in [-0.05, 0) is 58.2 Å². The maximum absolute atomic E-state index is 13.1. The van der Waals surface area contributed by atoms with Crippen molar-refractivity contribution in [3.05, 3.63) is 35.6 Å². The Morgan fingerprint density at radius 1 is 1.26 bits per heavy atom. The van der Waals surface area contributed by atoms with Gasteiger partial charge in [-0.15, -0.1) is 0 Å². The van der Waals surface area contributed by atoms with Crippen molar-refractivity contribution >= 4 is 0 Å². The van der Waals surface area contributed by atoms with Gasteiger partial charge in [0.2, 0.25) is 0 Å². The normalized spacial score (nSPS) is 29.5. The van der Waals surface area contributed by atoms with E-state index >= 15 is 0 Å². The van der Waals surface area contributed by atoms with Gasteiger partial charge in [-0.25, -0.2) is 4.39 Å². The summed E-state index contributed by atoms with van der Waals surface area (Å²) in [5.74, 6) is -0.214. The van der Waals surface area contributed by atoms with Gasteiger partial charge in [0.15, 0.2) is 0 Å². The summed E-state index contributed by atoms with van der Waals surface area (Å²) < 4.78 is 13.1. The molecular formula is C16H24FNO. The standard InChI is InChI=1S/C16H24FNO/c1-15(2,3)18-10-9-16(4,19)11-14(18)12-5-7-13(17)8-6-12/h5-8,14,19H,9-11H2,1-4H3/t14-,16-/m0/s1. The second-order valence-electron chi connectivity index (χ2n) is 6.88. The first-order valence-corrected chi connectivity index (χ1v) is 6.94. The zero-order valence-corrected chi connectivity index (χ0v) is 12.3. The summed E-state index contributed by atoms with van der Waals surface area (Å²) in [5.41, 5.74) is 0.479. The number of hydrogen-bond donors (Lipinski definition) is 1. The maximum atomic E-state index is 13.1. The van der Waals surface area contributed by atoms with Crippen LogP contribution in [0.1, 0.15) is 52.1 Å². The van der Waals surface area contributed by atoms with Gasteiger partial charge < -0.3 is 5.11 Å². The third-order valence-corrected chi connectivity index (χ3v) is 4.02. The Morgan fingerprint density at radius 3 is 2.37 bits per heavy atom. The van der Waals surface area contributed by atoms with E-state index in [1.807, 2.05) is 19.1 Å². The third-order valence-electron chi connectivity index (χ3n) is 4.02. The number of hydrogen-bond acceptors (Lipinski definition) is 2. The Kier molecular flexibility index (Phi) is 3.72. The molecule has 0 saturated carbocycles. The molecule has 0 bridgehead atoms. The van der Waals surface area contributed by atoms with Gasteiger partial charge in [-0.3, -0.25) is 4.90 Å². The van der Waals surface area contributed by atoms with Crippen LogP contribution in [-0.4, -0.2) is 27.7 Å². The first-order chi connectivity index (χ1) is 8.69. The highest BCUT2D eigenvalue weighted by molar-refractivity contribution is 5.22. The lowest BCUT2D eigenvalue weighted by Crippen LogP contribution is -2.52. The molecule has 1 N–H and O–H groups in total. The highest BCUT2D eigenvalue weighted by atomic mass is 19.1. The average molecular weight is 265 g/mol. The largest absolute Gasteiger partial charge is 0.390 e. The Hall–Kier alpha value is -0.930. The lowest BCUT2D eigenvalue weighted by Gasteiger charge is -2.49. The molecule has 2 atom stereocenters. The minimum atomic E-state index is -0.638. The van der Waals surface area contributed by atoms with Crippen LogP contribution in [0.2, 0.25) is 0 Å². The van der Waals surface area contributed by atoms with E-state index in [9.17, 15) is 9.50 Å². The number of aliphatic hydroxyl groups is 1. The lowest BCUT2D eigenvalue weighted by molar-refractivity contribution is -0.0628. The van der Waals surface area contributed by atoms with Crippen molar-refractivity contribution in [1.29, 1.82) is 0 Å². The van der Waals surface area contributed by atoms with Gasteiger partial charge in [0, 0.05) is 18.1 Å². The van der Waals surface area contributed by atoms with Crippen molar-refractivity contribution in [2.75, 3.05) is 6.54 Å². The average Bonchev–Trinajstić information content (AvgIpc) is 2.27. The molecule has 2 rings (SSSR count). The highest BCUT2D eigenvalue weighted by Crippen LogP contribution is 2.40. The molecule has 1 saturated heterocycles. The maximum Gasteiger partial charge on any atom is 0.123 e. The minimum Gasteiger partial charge on any atom is -0.390 e. The molecule has 0 radical (unpaired) electrons. The van der Waals surface area contributed by atoms with Gasteiger partial charge in [0.25, 0.3) is 0 Å². The van der Waals surface area contributed by atoms with Crippen LogP contribution in [-0.2, 0) is 0 Å². The van der Waals surface area contributed by atoms with E-state index < -0.39 is 5.60 Å². The fourth-order valence-corrected chi connectivity index (χ4v) is 2.93. The van der Waals surface area contributed by atoms with Crippen LogP contribution in [0.4, 0.5) is 4.39 Å². The van der Waals surface area contributed by atoms with Crippen molar-refractivity contribution in [3.8, 4) is 0 Å². The van der Waals surface area contributed by atoms with E-state index in [0.29, 0.717) is 6.42 Å². The molecule has 1 aliphatic heterocycles. The molecule has 106 valence electrons. The molecule has 1 aromatic carbocycles. The van der Waals surface area contributed by atoms with Crippen molar-refractivity contribution < 1.29 is 9.50 Å². The van der Waals surface area contributed by atoms with E-state index in [0.717, 1.165) is 18.5 Å². The summed E-state index contributed by atoms with van der Waals surface area (Å²) in [6.45, 7) is 9.30. The van der Waals surface area contributed by atoms with Crippen molar-refractivity contribution in [2.24, 2.45) is 0 Å². The second-order valence-corrected chi connectivity index (χ2v) is 6.88. The summed E-state index contributed by atoms with van der Waals surface area (Å²) in [5, 5.41) is 10.3. The van der Waals surface area contributed by atoms with Gasteiger partial charge in [0.05, 0.1) is 5.60 Å². The van der Waals surface area contributed by atoms with Crippen LogP contribution in [0.5, 0.6) is 0 Å². The Morgan fingerprint density at radius 2 is 1.84 bits per heavy atom. The molecular weight excluding hydrogens is 241 g/mol. The first-order valence-electron chi connectivity index (χ1n) is 6.94. The monoisotopic (exact) mass is 265 g/mol. The number of piperidine rings is 1. The van der Waals surface area contributed by atoms with Crippen molar-refractivity contribution in [1.82, 2.24) is 4.90 Å². The molecule has 0 aromatic heterocycles. The quantitative estimate of drug-likeness (QED) is 0.840. The summed E-state index contributed by atoms with van der Waals surface area (Å²) in [6, 6.07) is 6.81. The van der Waals surface area contributed by atoms with Crippen LogP contribution >= 0.6 is 0 Å². The molecule has 1 aromatic rings. The zero-order chi connectivity index (χ0) is 14.3. The number of nitrogens with zero attached hydrogens (tertiary/aromatic N) is 1. The lowest BCUT2D eigenvalue weighted by atomic mass is 9.82. The molecule has 1 aliphatic rings. The molecule has 0 unspecified atom stereocenters. The number of halogens is 1. The Balaban J connectivity index is 2.32. The Labute approximate surface area is 115 Å². The van der Waals surface area contributed by atoms with Crippen LogP contribution in [0.15, 0.2) is 24.3 Å². The van der Waals surface area contributed by atoms with Gasteiger partial charge in [-0.2, -0.15) is 0 Å². The van der Waals surface area contributed by atoms with Gasteiger partial charge in [0.1, 0.15) is 5.82 Å². The van der Waals surface area contributed by atoms with E-state index in [-0.39, 0.29) is 17.4 Å². The van der Waals surface area contributed by atoms with Crippen LogP contribution in [0.25, 0.3) is 0 Å². The predicted molar refractivity (Wildman–Crippen MR) is 75.5 cm³/mol. The van der Waals surface area contributed by atoms with E-state index in [2.05, 4.69) is 25.7 Å². The number of likely N-dealkylation sites (tertiary alicyclic amines) is 1. The van der Waals surface area contributed by atoms with E-state index in [4.69, 9.17) is 0 Å². The first kappa shape index (κ1) is 14.5. The molecule has 3 heteroatoms. The summed E-state index contributed by atoms with van der Waals surface area (Å²) in [7, 11) is 0. The molecule has 1 fully saturated rings. The van der Waals surface area contributed by atoms with Crippen LogP contribution in [0.3, 0.4) is 0 Å². The highest BCUT2D eigenvalue weighted by Gasteiger charge is 2.39. The SMILES string of the molecule is CC(C)(C)N1CC[C@](C)(O)C[C@H]1c1ccc(F)cc1. The molecule has 1 heterocycles. The summed E-state index contributed by atoms with van der Waals surface area (Å²) >= 11 is 0. The zero-order valence-electron chi connectivity index (χ0n) is 12.3. The molecule has 0 amide bonds. The van der Waals surface area contributed by atoms with E-state index in [1.54, 1.807) is 0 Å². The Bertz CT molecular complexity index is 433. The number of rotatable bonds is 1. The molecule has 2 nitrogen and oxygen atoms in total. The molecule has 0 spiro atoms. The van der Waals surface area contributed by atoms with E-state index in [1.165, 1.54) is 12.1 Å². The molecule has 0 aliphatic carbocycles. The van der Waals surface area contributed by atoms with Crippen LogP contribution in [0, 0.1) is 5.82 Å². The van der Waals surface area contributed by atoms with Gasteiger partial charge in [-0.1, -0.05) is 12.1 Å². The second kappa shape index (κ2) is 4.88. The third kappa shape index (κ3) is 3.34. The smallest absolute Gasteiger partial charge is 0.123 e. The summed E-state index contributed by atoms with van der Waals surface area (Å²) in [4.78, 5) is 2.40. The van der Waals surface area contributed by atoms with Crippen molar-refractivity contribution in [3.63, 3.8) is 0 Å². The fourth-order valence-electron chi connectivity index (χ4n) is 2.93. The number of benzene rings is 1. The van der Waals surface area contributed by atoms with Crippen molar-refractivity contribution in [2.45, 2.75) is 57.7 Å². The van der Waals surface area contributed by atoms with Crippen LogP contribution < -0.4 is 0 Å². The predicted octanol–water partition coefficient (Wildman–Crippen LogP) is 3.51. The summed E-state index contributed by atoms with van der Waals surface area (Å²) in [6.07, 6.45) is 1.47. The van der Waals surface area contributed by atoms with Gasteiger partial charge >= 0.3 is 0 Å². The minimum absolute atomic E-state index is 0.0373. The fraction of sp³-hybridized carbons (Fsp3) is 0.625. The molecule has 19 heavy (non-hydrogen) atoms. The topological polar surface area (TPSA) is 23.5 Å².